The van der Waals surface area contributed by atoms with Gasteiger partial charge < -0.3 is 5.73 Å². The SMILES string of the molecule is CN=C(c1cccnc1N)N(O)C=N. The van der Waals surface area contributed by atoms with E-state index in [9.17, 15) is 5.21 Å². The molecule has 6 heteroatoms. The molecule has 6 nitrogen and oxygen atoms in total. The van der Waals surface area contributed by atoms with E-state index in [-0.39, 0.29) is 11.7 Å². The molecule has 0 fully saturated rings. The van der Waals surface area contributed by atoms with E-state index < -0.39 is 0 Å². The monoisotopic (exact) mass is 193 g/mol. The highest BCUT2D eigenvalue weighted by Gasteiger charge is 2.11. The van der Waals surface area contributed by atoms with Crippen LogP contribution in [0.25, 0.3) is 0 Å². The maximum Gasteiger partial charge on any atom is 0.165 e. The van der Waals surface area contributed by atoms with Crippen LogP contribution in [0.4, 0.5) is 5.82 Å². The summed E-state index contributed by atoms with van der Waals surface area (Å²) in [4.78, 5) is 7.66. The number of hydrogen-bond acceptors (Lipinski definition) is 5. The van der Waals surface area contributed by atoms with Crippen LogP contribution in [0.3, 0.4) is 0 Å². The zero-order valence-electron chi connectivity index (χ0n) is 7.68. The summed E-state index contributed by atoms with van der Waals surface area (Å²) in [5.41, 5.74) is 6.07. The van der Waals surface area contributed by atoms with Gasteiger partial charge in [-0.15, -0.1) is 0 Å². The van der Waals surface area contributed by atoms with Crippen LogP contribution in [-0.4, -0.2) is 34.5 Å². The van der Waals surface area contributed by atoms with E-state index in [1.807, 2.05) is 0 Å². The van der Waals surface area contributed by atoms with E-state index >= 15 is 0 Å². The van der Waals surface area contributed by atoms with Crippen molar-refractivity contribution in [1.82, 2.24) is 10.0 Å². The molecule has 0 atom stereocenters. The largest absolute Gasteiger partial charge is 0.383 e. The number of rotatable bonds is 2. The molecule has 1 aromatic rings. The maximum absolute atomic E-state index is 9.27. The summed E-state index contributed by atoms with van der Waals surface area (Å²) in [5.74, 6) is 0.444. The number of nitrogen functional groups attached to an aromatic ring is 1. The highest BCUT2D eigenvalue weighted by molar-refractivity contribution is 6.05. The van der Waals surface area contributed by atoms with Crippen molar-refractivity contribution in [3.05, 3.63) is 23.9 Å². The molecular weight excluding hydrogens is 182 g/mol. The van der Waals surface area contributed by atoms with E-state index in [4.69, 9.17) is 11.1 Å². The van der Waals surface area contributed by atoms with Crippen molar-refractivity contribution in [2.24, 2.45) is 4.99 Å². The molecule has 0 amide bonds. The fraction of sp³-hybridized carbons (Fsp3) is 0.125. The molecule has 0 aliphatic rings. The predicted molar refractivity (Wildman–Crippen MR) is 53.5 cm³/mol. The third kappa shape index (κ3) is 1.86. The summed E-state index contributed by atoms with van der Waals surface area (Å²) in [6, 6.07) is 3.34. The molecule has 14 heavy (non-hydrogen) atoms. The number of amidine groups is 1. The summed E-state index contributed by atoms with van der Waals surface area (Å²) >= 11 is 0. The second-order valence-corrected chi connectivity index (χ2v) is 2.46. The Balaban J connectivity index is 3.14. The van der Waals surface area contributed by atoms with Crippen LogP contribution in [0.5, 0.6) is 0 Å². The van der Waals surface area contributed by atoms with E-state index in [1.54, 1.807) is 12.1 Å². The molecule has 0 aromatic carbocycles. The summed E-state index contributed by atoms with van der Waals surface area (Å²) in [6.45, 7) is 0. The second kappa shape index (κ2) is 4.33. The topological polar surface area (TPSA) is 98.6 Å². The van der Waals surface area contributed by atoms with Gasteiger partial charge >= 0.3 is 0 Å². The Bertz CT molecular complexity index is 363. The lowest BCUT2D eigenvalue weighted by molar-refractivity contribution is 0.0694. The van der Waals surface area contributed by atoms with Gasteiger partial charge in [0.05, 0.1) is 5.56 Å². The molecule has 0 radical (unpaired) electrons. The van der Waals surface area contributed by atoms with Crippen LogP contribution in [0.2, 0.25) is 0 Å². The van der Waals surface area contributed by atoms with Crippen LogP contribution in [0, 0.1) is 5.41 Å². The molecule has 1 aromatic heterocycles. The highest BCUT2D eigenvalue weighted by Crippen LogP contribution is 2.09. The normalized spacial score (nSPS) is 11.1. The van der Waals surface area contributed by atoms with Crippen LogP contribution in [0.15, 0.2) is 23.3 Å². The van der Waals surface area contributed by atoms with E-state index in [2.05, 4.69) is 9.98 Å². The molecule has 1 heterocycles. The molecule has 74 valence electrons. The van der Waals surface area contributed by atoms with E-state index in [0.717, 1.165) is 6.34 Å². The quantitative estimate of drug-likeness (QED) is 0.358. The fourth-order valence-corrected chi connectivity index (χ4v) is 1.01. The van der Waals surface area contributed by atoms with Gasteiger partial charge in [0, 0.05) is 13.2 Å². The van der Waals surface area contributed by atoms with Crippen molar-refractivity contribution in [1.29, 1.82) is 5.41 Å². The average molecular weight is 193 g/mol. The minimum atomic E-state index is 0.186. The maximum atomic E-state index is 9.27. The van der Waals surface area contributed by atoms with E-state index in [0.29, 0.717) is 10.6 Å². The number of nitrogens with one attached hydrogen (secondary N) is 1. The Hall–Kier alpha value is -1.95. The van der Waals surface area contributed by atoms with Crippen molar-refractivity contribution in [2.45, 2.75) is 0 Å². The van der Waals surface area contributed by atoms with Crippen molar-refractivity contribution in [3.63, 3.8) is 0 Å². The van der Waals surface area contributed by atoms with Gasteiger partial charge in [0.2, 0.25) is 0 Å². The number of aliphatic imine (C=N–C) groups is 1. The van der Waals surface area contributed by atoms with Crippen molar-refractivity contribution < 1.29 is 5.21 Å². The minimum absolute atomic E-state index is 0.186. The van der Waals surface area contributed by atoms with Gasteiger partial charge in [-0.3, -0.25) is 15.6 Å². The minimum Gasteiger partial charge on any atom is -0.383 e. The molecule has 0 aliphatic heterocycles. The third-order valence-corrected chi connectivity index (χ3v) is 1.63. The zero-order chi connectivity index (χ0) is 10.6. The summed E-state index contributed by atoms with van der Waals surface area (Å²) < 4.78 is 0. The molecule has 0 saturated carbocycles. The first kappa shape index (κ1) is 10.1. The molecule has 0 aliphatic carbocycles. The Morgan fingerprint density at radius 1 is 1.79 bits per heavy atom. The Labute approximate surface area is 81.2 Å². The lowest BCUT2D eigenvalue weighted by atomic mass is 10.2. The van der Waals surface area contributed by atoms with Gasteiger partial charge in [-0.05, 0) is 12.1 Å². The smallest absolute Gasteiger partial charge is 0.165 e. The summed E-state index contributed by atoms with van der Waals surface area (Å²) in [5, 5.41) is 16.7. The lowest BCUT2D eigenvalue weighted by Crippen LogP contribution is -2.27. The number of anilines is 1. The molecule has 1 rings (SSSR count). The predicted octanol–water partition coefficient (Wildman–Crippen LogP) is 0.338. The standard InChI is InChI=1S/C8H11N5O/c1-11-8(13(14)5-9)6-3-2-4-12-7(6)10/h2-5,9,14H,1H3,(H2,10,12). The van der Waals surface area contributed by atoms with Crippen molar-refractivity contribution in [3.8, 4) is 0 Å². The Morgan fingerprint density at radius 2 is 2.50 bits per heavy atom. The summed E-state index contributed by atoms with van der Waals surface area (Å²) in [7, 11) is 1.49. The van der Waals surface area contributed by atoms with Gasteiger partial charge in [0.1, 0.15) is 12.2 Å². The first-order valence-corrected chi connectivity index (χ1v) is 3.87. The first-order valence-electron chi connectivity index (χ1n) is 3.87. The van der Waals surface area contributed by atoms with Crippen molar-refractivity contribution >= 4 is 18.0 Å². The first-order chi connectivity index (χ1) is 6.70. The summed E-state index contributed by atoms with van der Waals surface area (Å²) in [6.07, 6.45) is 2.27. The number of nitrogens with two attached hydrogens (primary N) is 1. The molecule has 4 N–H and O–H groups in total. The molecular formula is C8H11N5O. The van der Waals surface area contributed by atoms with Crippen LogP contribution in [0.1, 0.15) is 5.56 Å². The van der Waals surface area contributed by atoms with Crippen molar-refractivity contribution in [2.75, 3.05) is 12.8 Å². The highest BCUT2D eigenvalue weighted by atomic mass is 16.5. The lowest BCUT2D eigenvalue weighted by Gasteiger charge is -2.13. The second-order valence-electron chi connectivity index (χ2n) is 2.46. The molecule has 0 unspecified atom stereocenters. The van der Waals surface area contributed by atoms with Crippen LogP contribution in [-0.2, 0) is 0 Å². The van der Waals surface area contributed by atoms with E-state index in [1.165, 1.54) is 13.2 Å². The number of nitrogens with zero attached hydrogens (tertiary/aromatic N) is 3. The Kier molecular flexibility index (Phi) is 3.14. The van der Waals surface area contributed by atoms with Gasteiger partial charge in [-0.2, -0.15) is 5.06 Å². The van der Waals surface area contributed by atoms with Gasteiger partial charge in [-0.1, -0.05) is 0 Å². The zero-order valence-corrected chi connectivity index (χ0v) is 7.68. The number of hydroxylamine groups is 2. The molecule has 0 saturated heterocycles. The van der Waals surface area contributed by atoms with Crippen LogP contribution >= 0.6 is 0 Å². The van der Waals surface area contributed by atoms with Crippen LogP contribution < -0.4 is 5.73 Å². The third-order valence-electron chi connectivity index (χ3n) is 1.63. The average Bonchev–Trinajstić information content (AvgIpc) is 2.21. The van der Waals surface area contributed by atoms with Gasteiger partial charge in [0.15, 0.2) is 5.84 Å². The van der Waals surface area contributed by atoms with Gasteiger partial charge in [-0.25, -0.2) is 4.98 Å². The molecule has 0 spiro atoms. The number of hydrogen-bond donors (Lipinski definition) is 3. The van der Waals surface area contributed by atoms with Gasteiger partial charge in [0.25, 0.3) is 0 Å². The Morgan fingerprint density at radius 3 is 3.00 bits per heavy atom. The fourth-order valence-electron chi connectivity index (χ4n) is 1.01. The molecule has 0 bridgehead atoms. The number of aromatic nitrogens is 1. The number of pyridine rings is 1.